The van der Waals surface area contributed by atoms with Gasteiger partial charge in [0.2, 0.25) is 0 Å². The average Bonchev–Trinajstić information content (AvgIpc) is 3.36. The van der Waals surface area contributed by atoms with E-state index in [-0.39, 0.29) is 52.9 Å². The van der Waals surface area contributed by atoms with E-state index in [2.05, 4.69) is 0 Å². The summed E-state index contributed by atoms with van der Waals surface area (Å²) in [5.74, 6) is 0. The first-order chi connectivity index (χ1) is 32.1. The number of aliphatic hydroxyl groups excluding tert-OH is 2. The van der Waals surface area contributed by atoms with Crippen LogP contribution < -0.4 is 0 Å². The summed E-state index contributed by atoms with van der Waals surface area (Å²) in [6.07, 6.45) is -9.14. The number of hydrogen-bond acceptors (Lipinski definition) is 11. The lowest BCUT2D eigenvalue weighted by Gasteiger charge is -2.47. The van der Waals surface area contributed by atoms with E-state index >= 15 is 0 Å². The molecule has 6 aromatic carbocycles. The lowest BCUT2D eigenvalue weighted by atomic mass is 9.97. The van der Waals surface area contributed by atoms with Crippen molar-refractivity contribution in [2.24, 2.45) is 0 Å². The van der Waals surface area contributed by atoms with Gasteiger partial charge in [0.15, 0.2) is 12.6 Å². The summed E-state index contributed by atoms with van der Waals surface area (Å²) in [7, 11) is 0. The molecule has 2 aliphatic heterocycles. The average molecular weight is 883 g/mol. The molecule has 65 heavy (non-hydrogen) atoms. The Labute approximate surface area is 381 Å². The third kappa shape index (κ3) is 13.3. The Morgan fingerprint density at radius 3 is 0.969 bits per heavy atom. The Morgan fingerprint density at radius 2 is 0.615 bits per heavy atom. The fourth-order valence-corrected chi connectivity index (χ4v) is 8.11. The van der Waals surface area contributed by atoms with Crippen LogP contribution in [0.3, 0.4) is 0 Å². The van der Waals surface area contributed by atoms with Crippen LogP contribution in [0.2, 0.25) is 0 Å². The minimum absolute atomic E-state index is 0.123. The van der Waals surface area contributed by atoms with E-state index in [9.17, 15) is 10.2 Å². The molecule has 0 bridgehead atoms. The normalized spacial score (nSPS) is 25.6. The molecule has 11 heteroatoms. The van der Waals surface area contributed by atoms with Crippen molar-refractivity contribution in [1.29, 1.82) is 0 Å². The quantitative estimate of drug-likeness (QED) is 0.0691. The Morgan fingerprint density at radius 1 is 0.323 bits per heavy atom. The van der Waals surface area contributed by atoms with Gasteiger partial charge < -0.3 is 52.8 Å². The van der Waals surface area contributed by atoms with Gasteiger partial charge in [-0.05, 0) is 33.4 Å². The molecule has 0 spiro atoms. The van der Waals surface area contributed by atoms with E-state index in [1.165, 1.54) is 0 Å². The fourth-order valence-electron chi connectivity index (χ4n) is 8.11. The van der Waals surface area contributed by atoms with E-state index in [4.69, 9.17) is 42.6 Å². The predicted octanol–water partition coefficient (Wildman–Crippen LogP) is 7.95. The molecule has 2 saturated heterocycles. The molecular formula is C54H58O11. The standard InChI is InChI=1S/C54H58O11/c55-31-45-47(57-32-39-19-7-1-8-20-39)50(60-35-42-25-13-4-14-26-42)52(62-37-44-29-17-6-18-30-44)54(65-45)63-38-46-48(58-33-40-21-9-2-10-22-40)49(59-34-41-23-11-3-12-24-41)51(53(56)64-46)61-36-43-27-15-5-16-28-43/h1-30,45-56H,31-38H2/t45-,46-,47-,48-,49+,50+,51-,52-,53+,54?/m1/s1. The monoisotopic (exact) mass is 882 g/mol. The van der Waals surface area contributed by atoms with Crippen LogP contribution in [-0.2, 0) is 82.3 Å². The van der Waals surface area contributed by atoms with Gasteiger partial charge in [0.25, 0.3) is 0 Å². The van der Waals surface area contributed by atoms with Crippen molar-refractivity contribution < 1.29 is 52.8 Å². The van der Waals surface area contributed by atoms with Gasteiger partial charge in [-0.15, -0.1) is 0 Å². The molecule has 2 heterocycles. The van der Waals surface area contributed by atoms with Crippen LogP contribution in [-0.4, -0.2) is 84.8 Å². The minimum Gasteiger partial charge on any atom is -0.394 e. The molecule has 340 valence electrons. The topological polar surface area (TPSA) is 124 Å². The van der Waals surface area contributed by atoms with Crippen molar-refractivity contribution >= 4 is 0 Å². The zero-order valence-electron chi connectivity index (χ0n) is 36.3. The van der Waals surface area contributed by atoms with Gasteiger partial charge in [0.1, 0.15) is 48.8 Å². The summed E-state index contributed by atoms with van der Waals surface area (Å²) in [5, 5.41) is 22.7. The van der Waals surface area contributed by atoms with E-state index in [0.717, 1.165) is 33.4 Å². The van der Waals surface area contributed by atoms with Crippen molar-refractivity contribution in [1.82, 2.24) is 0 Å². The molecule has 2 fully saturated rings. The fraction of sp³-hybridized carbons (Fsp3) is 0.333. The second-order valence-electron chi connectivity index (χ2n) is 16.2. The molecule has 0 aliphatic carbocycles. The maximum atomic E-state index is 11.8. The molecule has 0 aromatic heterocycles. The number of aliphatic hydroxyl groups is 2. The first kappa shape index (κ1) is 46.4. The Kier molecular flexibility index (Phi) is 17.4. The van der Waals surface area contributed by atoms with Crippen molar-refractivity contribution in [3.63, 3.8) is 0 Å². The van der Waals surface area contributed by atoms with Gasteiger partial charge in [-0.2, -0.15) is 0 Å². The van der Waals surface area contributed by atoms with Crippen molar-refractivity contribution in [3.05, 3.63) is 215 Å². The van der Waals surface area contributed by atoms with Crippen LogP contribution >= 0.6 is 0 Å². The van der Waals surface area contributed by atoms with Gasteiger partial charge in [0.05, 0.1) is 52.9 Å². The van der Waals surface area contributed by atoms with Crippen LogP contribution in [0.25, 0.3) is 0 Å². The highest BCUT2D eigenvalue weighted by Gasteiger charge is 2.51. The summed E-state index contributed by atoms with van der Waals surface area (Å²) in [6, 6.07) is 58.9. The van der Waals surface area contributed by atoms with Crippen molar-refractivity contribution in [2.75, 3.05) is 13.2 Å². The lowest BCUT2D eigenvalue weighted by Crippen LogP contribution is -2.63. The van der Waals surface area contributed by atoms with E-state index in [1.54, 1.807) is 0 Å². The van der Waals surface area contributed by atoms with E-state index in [1.807, 2.05) is 182 Å². The smallest absolute Gasteiger partial charge is 0.187 e. The first-order valence-electron chi connectivity index (χ1n) is 22.3. The molecule has 0 saturated carbocycles. The molecule has 6 aromatic rings. The molecule has 8 rings (SSSR count). The van der Waals surface area contributed by atoms with Crippen LogP contribution in [0.15, 0.2) is 182 Å². The molecule has 1 unspecified atom stereocenters. The summed E-state index contributed by atoms with van der Waals surface area (Å²) in [4.78, 5) is 0. The Hall–Kier alpha value is -5.12. The molecule has 2 aliphatic rings. The molecule has 0 radical (unpaired) electrons. The first-order valence-corrected chi connectivity index (χ1v) is 22.3. The highest BCUT2D eigenvalue weighted by molar-refractivity contribution is 5.18. The number of ether oxygens (including phenoxy) is 9. The van der Waals surface area contributed by atoms with Gasteiger partial charge in [-0.1, -0.05) is 182 Å². The largest absolute Gasteiger partial charge is 0.394 e. The maximum Gasteiger partial charge on any atom is 0.187 e. The third-order valence-electron chi connectivity index (χ3n) is 11.5. The van der Waals surface area contributed by atoms with Gasteiger partial charge in [-0.25, -0.2) is 0 Å². The molecule has 0 amide bonds. The van der Waals surface area contributed by atoms with Crippen LogP contribution in [0, 0.1) is 0 Å². The predicted molar refractivity (Wildman–Crippen MR) is 243 cm³/mol. The summed E-state index contributed by atoms with van der Waals surface area (Å²) in [5.41, 5.74) is 5.66. The van der Waals surface area contributed by atoms with E-state index in [0.29, 0.717) is 0 Å². The lowest BCUT2D eigenvalue weighted by molar-refractivity contribution is -0.348. The number of benzene rings is 6. The number of rotatable bonds is 22. The Balaban J connectivity index is 1.09. The minimum atomic E-state index is -1.41. The Bertz CT molecular complexity index is 2210. The summed E-state index contributed by atoms with van der Waals surface area (Å²) < 4.78 is 59.8. The highest BCUT2D eigenvalue weighted by Crippen LogP contribution is 2.34. The molecule has 10 atom stereocenters. The zero-order chi connectivity index (χ0) is 44.5. The summed E-state index contributed by atoms with van der Waals surface area (Å²) >= 11 is 0. The van der Waals surface area contributed by atoms with Gasteiger partial charge in [0, 0.05) is 0 Å². The zero-order valence-corrected chi connectivity index (χ0v) is 36.3. The molecular weight excluding hydrogens is 825 g/mol. The van der Waals surface area contributed by atoms with Gasteiger partial charge >= 0.3 is 0 Å². The highest BCUT2D eigenvalue weighted by atomic mass is 16.7. The van der Waals surface area contributed by atoms with Crippen molar-refractivity contribution in [2.45, 2.75) is 101 Å². The van der Waals surface area contributed by atoms with E-state index < -0.39 is 61.4 Å². The maximum absolute atomic E-state index is 11.8. The second-order valence-corrected chi connectivity index (χ2v) is 16.2. The number of hydrogen-bond donors (Lipinski definition) is 2. The van der Waals surface area contributed by atoms with Crippen molar-refractivity contribution in [3.8, 4) is 0 Å². The second kappa shape index (κ2) is 24.4. The van der Waals surface area contributed by atoms with Crippen LogP contribution in [0.5, 0.6) is 0 Å². The summed E-state index contributed by atoms with van der Waals surface area (Å²) in [6.45, 7) is 0.863. The third-order valence-corrected chi connectivity index (χ3v) is 11.5. The SMILES string of the molecule is OC[C@H]1OC(OC[C@H]2O[C@H](O)[C@H](OCc3ccccc3)[C@@H](OCc3ccccc3)[C@@H]2OCc2ccccc2)[C@H](OCc2ccccc2)[C@@H](OCc2ccccc2)[C@@H]1OCc1ccccc1. The molecule has 11 nitrogen and oxygen atoms in total. The van der Waals surface area contributed by atoms with Gasteiger partial charge in [-0.3, -0.25) is 0 Å². The molecule has 2 N–H and O–H groups in total. The van der Waals surface area contributed by atoms with Crippen LogP contribution in [0.4, 0.5) is 0 Å². The van der Waals surface area contributed by atoms with Crippen LogP contribution in [0.1, 0.15) is 33.4 Å².